The van der Waals surface area contributed by atoms with Gasteiger partial charge in [0.1, 0.15) is 23.3 Å². The van der Waals surface area contributed by atoms with Crippen molar-refractivity contribution >= 4 is 11.7 Å². The molecule has 1 aliphatic carbocycles. The zero-order chi connectivity index (χ0) is 24.7. The summed E-state index contributed by atoms with van der Waals surface area (Å²) in [6, 6.07) is 4.75. The van der Waals surface area contributed by atoms with Gasteiger partial charge in [-0.15, -0.1) is 0 Å². The molecule has 0 bridgehead atoms. The van der Waals surface area contributed by atoms with Gasteiger partial charge in [0.25, 0.3) is 0 Å². The topological polar surface area (TPSA) is 97.0 Å². The van der Waals surface area contributed by atoms with Crippen molar-refractivity contribution in [2.24, 2.45) is 5.92 Å². The van der Waals surface area contributed by atoms with Crippen LogP contribution in [0.5, 0.6) is 5.75 Å². The van der Waals surface area contributed by atoms with Gasteiger partial charge < -0.3 is 10.1 Å². The van der Waals surface area contributed by atoms with Crippen molar-refractivity contribution in [3.63, 3.8) is 0 Å². The van der Waals surface area contributed by atoms with Gasteiger partial charge in [0.2, 0.25) is 5.91 Å². The minimum Gasteiger partial charge on any atom is -0.489 e. The maximum absolute atomic E-state index is 13.9. The predicted molar refractivity (Wildman–Crippen MR) is 104 cm³/mol. The van der Waals surface area contributed by atoms with Gasteiger partial charge in [0.05, 0.1) is 24.9 Å². The third-order valence-corrected chi connectivity index (χ3v) is 5.35. The van der Waals surface area contributed by atoms with Crippen LogP contribution in [0.1, 0.15) is 17.7 Å². The molecule has 1 fully saturated rings. The van der Waals surface area contributed by atoms with Gasteiger partial charge in [-0.05, 0) is 36.2 Å². The van der Waals surface area contributed by atoms with Crippen molar-refractivity contribution in [3.05, 3.63) is 81.9 Å². The maximum atomic E-state index is 13.9. The molecule has 1 amide bonds. The van der Waals surface area contributed by atoms with Crippen LogP contribution in [0, 0.1) is 23.4 Å². The lowest BCUT2D eigenvalue weighted by atomic mass is 9.93. The Kier molecular flexibility index (Phi) is 5.79. The Morgan fingerprint density at radius 2 is 1.79 bits per heavy atom. The van der Waals surface area contributed by atoms with E-state index in [1.165, 1.54) is 6.07 Å². The number of H-pyrrole nitrogens is 1. The number of amides is 1. The predicted octanol–water partition coefficient (Wildman–Crippen LogP) is 3.58. The number of nitrogens with zero attached hydrogens (tertiary/aromatic N) is 2. The van der Waals surface area contributed by atoms with Crippen LogP contribution in [0.3, 0.4) is 0 Å². The van der Waals surface area contributed by atoms with E-state index in [1.807, 2.05) is 0 Å². The second kappa shape index (κ2) is 8.47. The summed E-state index contributed by atoms with van der Waals surface area (Å²) in [6.07, 6.45) is -3.57. The number of anilines is 1. The molecule has 1 saturated carbocycles. The van der Waals surface area contributed by atoms with E-state index in [0.717, 1.165) is 24.4 Å². The summed E-state index contributed by atoms with van der Waals surface area (Å²) in [5, 5.41) is 2.43. The van der Waals surface area contributed by atoms with Gasteiger partial charge >= 0.3 is 11.9 Å². The third kappa shape index (κ3) is 4.72. The van der Waals surface area contributed by atoms with Crippen LogP contribution >= 0.6 is 0 Å². The molecular formula is C21H14F6N4O3. The van der Waals surface area contributed by atoms with Gasteiger partial charge in [-0.3, -0.25) is 9.78 Å². The van der Waals surface area contributed by atoms with Crippen LogP contribution in [0.2, 0.25) is 0 Å². The van der Waals surface area contributed by atoms with Crippen molar-refractivity contribution in [1.82, 2.24) is 15.0 Å². The van der Waals surface area contributed by atoms with Crippen LogP contribution < -0.4 is 15.7 Å². The van der Waals surface area contributed by atoms with E-state index in [4.69, 9.17) is 4.74 Å². The molecule has 2 heterocycles. The standard InChI is InChI=1S/C21H14F6N4O3/c22-11-1-2-16(28-7-11)30-18(32)14-6-20(14,10-3-12(23)5-13(24)4-10)9-34-15-8-29-19(33)31-17(15)21(25,26)27/h1-5,7-8,14H,6,9H2,(H,28,30,32)(H,29,31,33)/t14-,20+/m0/s1. The summed E-state index contributed by atoms with van der Waals surface area (Å²) in [5.74, 6) is -5.01. The number of hydrogen-bond donors (Lipinski definition) is 2. The molecule has 1 aliphatic rings. The molecular weight excluding hydrogens is 470 g/mol. The van der Waals surface area contributed by atoms with E-state index in [-0.39, 0.29) is 17.8 Å². The van der Waals surface area contributed by atoms with E-state index < -0.39 is 64.6 Å². The SMILES string of the molecule is O=C(Nc1ccc(F)cn1)[C@@H]1C[C@@]1(COc1cnc(=O)[nH]c1C(F)(F)F)c1cc(F)cc(F)c1. The highest BCUT2D eigenvalue weighted by Gasteiger charge is 2.60. The Hall–Kier alpha value is -3.90. The number of carbonyl (C=O) groups is 1. The van der Waals surface area contributed by atoms with E-state index in [2.05, 4.69) is 15.3 Å². The third-order valence-electron chi connectivity index (χ3n) is 5.35. The molecule has 0 saturated heterocycles. The summed E-state index contributed by atoms with van der Waals surface area (Å²) in [5.41, 5.74) is -4.16. The number of halogens is 6. The fraction of sp³-hybridized carbons (Fsp3) is 0.238. The smallest absolute Gasteiger partial charge is 0.435 e. The fourth-order valence-corrected chi connectivity index (χ4v) is 3.62. The van der Waals surface area contributed by atoms with Crippen LogP contribution in [0.25, 0.3) is 0 Å². The zero-order valence-corrected chi connectivity index (χ0v) is 16.9. The van der Waals surface area contributed by atoms with E-state index in [0.29, 0.717) is 12.3 Å². The molecule has 2 N–H and O–H groups in total. The molecule has 2 atom stereocenters. The Balaban J connectivity index is 1.64. The number of rotatable bonds is 6. The number of alkyl halides is 3. The first kappa shape index (κ1) is 23.3. The Bertz CT molecular complexity index is 1270. The maximum Gasteiger partial charge on any atom is 0.435 e. The molecule has 13 heteroatoms. The molecule has 7 nitrogen and oxygen atoms in total. The van der Waals surface area contributed by atoms with Crippen molar-refractivity contribution in [2.75, 3.05) is 11.9 Å². The lowest BCUT2D eigenvalue weighted by Crippen LogP contribution is -2.28. The number of aromatic amines is 1. The highest BCUT2D eigenvalue weighted by Crippen LogP contribution is 2.55. The highest BCUT2D eigenvalue weighted by molar-refractivity contribution is 5.95. The summed E-state index contributed by atoms with van der Waals surface area (Å²) in [7, 11) is 0. The molecule has 0 aliphatic heterocycles. The minimum atomic E-state index is -4.98. The van der Waals surface area contributed by atoms with Crippen LogP contribution in [0.15, 0.2) is 47.5 Å². The van der Waals surface area contributed by atoms with Crippen molar-refractivity contribution in [1.29, 1.82) is 0 Å². The van der Waals surface area contributed by atoms with Crippen molar-refractivity contribution in [2.45, 2.75) is 18.0 Å². The van der Waals surface area contributed by atoms with Crippen LogP contribution in [0.4, 0.5) is 32.2 Å². The van der Waals surface area contributed by atoms with Gasteiger partial charge in [-0.25, -0.2) is 22.9 Å². The van der Waals surface area contributed by atoms with E-state index >= 15 is 0 Å². The summed E-state index contributed by atoms with van der Waals surface area (Å²) in [4.78, 5) is 32.5. The molecule has 3 aromatic rings. The lowest BCUT2D eigenvalue weighted by molar-refractivity contribution is -0.143. The number of ether oxygens (including phenoxy) is 1. The molecule has 2 aromatic heterocycles. The van der Waals surface area contributed by atoms with Crippen LogP contribution in [-0.4, -0.2) is 27.5 Å². The fourth-order valence-electron chi connectivity index (χ4n) is 3.62. The van der Waals surface area contributed by atoms with Crippen molar-refractivity contribution in [3.8, 4) is 5.75 Å². The van der Waals surface area contributed by atoms with Crippen LogP contribution in [-0.2, 0) is 16.4 Å². The Morgan fingerprint density at radius 3 is 2.41 bits per heavy atom. The Morgan fingerprint density at radius 1 is 1.09 bits per heavy atom. The average molecular weight is 484 g/mol. The second-order valence-electron chi connectivity index (χ2n) is 7.64. The summed E-state index contributed by atoms with van der Waals surface area (Å²) >= 11 is 0. The number of nitrogens with one attached hydrogen (secondary N) is 2. The number of benzene rings is 1. The Labute approximate surface area is 186 Å². The van der Waals surface area contributed by atoms with E-state index in [1.54, 1.807) is 4.98 Å². The molecule has 4 rings (SSSR count). The second-order valence-corrected chi connectivity index (χ2v) is 7.64. The highest BCUT2D eigenvalue weighted by atomic mass is 19.4. The quantitative estimate of drug-likeness (QED) is 0.522. The van der Waals surface area contributed by atoms with Gasteiger partial charge in [0, 0.05) is 11.5 Å². The number of hydrogen-bond acceptors (Lipinski definition) is 5. The molecule has 0 spiro atoms. The summed E-state index contributed by atoms with van der Waals surface area (Å²) < 4.78 is 86.0. The average Bonchev–Trinajstić information content (AvgIpc) is 3.49. The van der Waals surface area contributed by atoms with E-state index in [9.17, 15) is 35.9 Å². The molecule has 34 heavy (non-hydrogen) atoms. The first-order chi connectivity index (χ1) is 16.0. The molecule has 0 radical (unpaired) electrons. The van der Waals surface area contributed by atoms with Crippen molar-refractivity contribution < 1.29 is 35.9 Å². The van der Waals surface area contributed by atoms with Gasteiger partial charge in [0.15, 0.2) is 11.4 Å². The zero-order valence-electron chi connectivity index (χ0n) is 16.9. The normalized spacial score (nSPS) is 19.5. The van der Waals surface area contributed by atoms with Gasteiger partial charge in [-0.2, -0.15) is 18.2 Å². The van der Waals surface area contributed by atoms with Gasteiger partial charge in [-0.1, -0.05) is 0 Å². The largest absolute Gasteiger partial charge is 0.489 e. The number of aromatic nitrogens is 3. The minimum absolute atomic E-state index is 0.00253. The number of carbonyl (C=O) groups excluding carboxylic acids is 1. The first-order valence-electron chi connectivity index (χ1n) is 9.66. The molecule has 178 valence electrons. The first-order valence-corrected chi connectivity index (χ1v) is 9.66. The number of pyridine rings is 1. The monoisotopic (exact) mass is 484 g/mol. The molecule has 1 aromatic carbocycles. The lowest BCUT2D eigenvalue weighted by Gasteiger charge is -2.20. The molecule has 0 unspecified atom stereocenters. The summed E-state index contributed by atoms with van der Waals surface area (Å²) in [6.45, 7) is -0.596.